The number of pyridine rings is 2. The Morgan fingerprint density at radius 2 is 0.956 bits per heavy atom. The van der Waals surface area contributed by atoms with E-state index in [1.165, 1.54) is 12.1 Å². The fourth-order valence-electron chi connectivity index (χ4n) is 8.39. The summed E-state index contributed by atoms with van der Waals surface area (Å²) in [4.78, 5) is 32.5. The lowest BCUT2D eigenvalue weighted by Crippen LogP contribution is -2.21. The second kappa shape index (κ2) is 19.4. The lowest BCUT2D eigenvalue weighted by Gasteiger charge is -2.25. The molecule has 4 aromatic heterocycles. The molecule has 0 aliphatic heterocycles. The highest BCUT2D eigenvalue weighted by atomic mass is 19.4. The summed E-state index contributed by atoms with van der Waals surface area (Å²) in [5, 5.41) is 35.8. The number of hydrogen-bond acceptors (Lipinski definition) is 10. The van der Waals surface area contributed by atoms with Crippen LogP contribution < -0.4 is 20.1 Å². The first kappa shape index (κ1) is 46.8. The van der Waals surface area contributed by atoms with E-state index in [-0.39, 0.29) is 35.7 Å². The SMILES string of the molecule is O=C(Nc1cc2cn(C3CCC(O)CC3)nc2cc1OCC1CC1)c1cccc(C(F)(F)F)n1.O=C(Nc1cc2cn(C3CCC(O)CC3)nc2cc1OCC1CC1)c1cccc(C(F)(F)F)n1. The van der Waals surface area contributed by atoms with Crippen molar-refractivity contribution in [3.05, 3.63) is 95.8 Å². The van der Waals surface area contributed by atoms with Gasteiger partial charge in [-0.05, 0) is 125 Å². The van der Waals surface area contributed by atoms with Crippen LogP contribution in [0.5, 0.6) is 11.5 Å². The molecule has 4 N–H and O–H groups in total. The van der Waals surface area contributed by atoms with Crippen LogP contribution >= 0.6 is 0 Å². The van der Waals surface area contributed by atoms with E-state index in [0.29, 0.717) is 59.0 Å². The highest BCUT2D eigenvalue weighted by Crippen LogP contribution is 2.39. The van der Waals surface area contributed by atoms with E-state index in [1.54, 1.807) is 24.3 Å². The Balaban J connectivity index is 0.000000170. The first-order chi connectivity index (χ1) is 32.5. The van der Waals surface area contributed by atoms with Crippen molar-refractivity contribution in [2.24, 2.45) is 11.8 Å². The van der Waals surface area contributed by atoms with Crippen LogP contribution in [0.15, 0.2) is 73.1 Å². The van der Waals surface area contributed by atoms with Gasteiger partial charge < -0.3 is 30.3 Å². The predicted molar refractivity (Wildman–Crippen MR) is 237 cm³/mol. The largest absolute Gasteiger partial charge is 0.491 e. The minimum Gasteiger partial charge on any atom is -0.491 e. The van der Waals surface area contributed by atoms with E-state index in [0.717, 1.165) is 112 Å². The highest BCUT2D eigenvalue weighted by molar-refractivity contribution is 6.06. The number of amides is 2. The van der Waals surface area contributed by atoms with E-state index in [4.69, 9.17) is 9.47 Å². The van der Waals surface area contributed by atoms with Gasteiger partial charge in [0.25, 0.3) is 11.8 Å². The molecule has 2 aromatic carbocycles. The van der Waals surface area contributed by atoms with Crippen LogP contribution in [0, 0.1) is 11.8 Å². The third-order valence-electron chi connectivity index (χ3n) is 12.7. The number of hydrogen-bond donors (Lipinski definition) is 4. The average molecular weight is 949 g/mol. The second-order valence-corrected chi connectivity index (χ2v) is 18.2. The molecular formula is C48H50F6N8O6. The van der Waals surface area contributed by atoms with Crippen LogP contribution in [0.4, 0.5) is 37.7 Å². The molecule has 360 valence electrons. The number of anilines is 2. The van der Waals surface area contributed by atoms with E-state index in [1.807, 2.05) is 21.8 Å². The van der Waals surface area contributed by atoms with E-state index >= 15 is 0 Å². The Hall–Kier alpha value is -6.28. The van der Waals surface area contributed by atoms with Gasteiger partial charge in [-0.25, -0.2) is 9.97 Å². The van der Waals surface area contributed by atoms with Crippen LogP contribution in [-0.2, 0) is 12.4 Å². The summed E-state index contributed by atoms with van der Waals surface area (Å²) in [7, 11) is 0. The maximum Gasteiger partial charge on any atom is 0.433 e. The Bertz CT molecular complexity index is 2580. The predicted octanol–water partition coefficient (Wildman–Crippen LogP) is 9.93. The summed E-state index contributed by atoms with van der Waals surface area (Å²) in [6.45, 7) is 0.995. The molecule has 0 radical (unpaired) electrons. The molecule has 10 rings (SSSR count). The molecule has 0 atom stereocenters. The van der Waals surface area contributed by atoms with Crippen molar-refractivity contribution in [3.8, 4) is 11.5 Å². The minimum absolute atomic E-state index is 0.180. The van der Waals surface area contributed by atoms with Gasteiger partial charge in [0, 0.05) is 35.3 Å². The fraction of sp³-hybridized carbons (Fsp3) is 0.458. The number of benzene rings is 2. The average Bonchev–Trinajstić information content (AvgIpc) is 4.25. The van der Waals surface area contributed by atoms with Crippen LogP contribution in [0.3, 0.4) is 0 Å². The third kappa shape index (κ3) is 11.5. The maximum absolute atomic E-state index is 13.0. The molecule has 4 fully saturated rings. The number of nitrogens with zero attached hydrogens (tertiary/aromatic N) is 6. The Labute approximate surface area is 386 Å². The molecule has 4 aliphatic rings. The summed E-state index contributed by atoms with van der Waals surface area (Å²) in [5.41, 5.74) is -0.801. The van der Waals surface area contributed by atoms with Gasteiger partial charge in [0.05, 0.1) is 59.9 Å². The van der Waals surface area contributed by atoms with Crippen molar-refractivity contribution in [1.29, 1.82) is 0 Å². The van der Waals surface area contributed by atoms with Crippen molar-refractivity contribution in [2.75, 3.05) is 23.8 Å². The van der Waals surface area contributed by atoms with Crippen LogP contribution in [0.2, 0.25) is 0 Å². The van der Waals surface area contributed by atoms with Gasteiger partial charge in [0.1, 0.15) is 34.3 Å². The molecule has 0 saturated heterocycles. The normalized spacial score (nSPS) is 20.9. The monoisotopic (exact) mass is 948 g/mol. The Morgan fingerprint density at radius 3 is 1.31 bits per heavy atom. The summed E-state index contributed by atoms with van der Waals surface area (Å²) >= 11 is 0. The van der Waals surface area contributed by atoms with Crippen molar-refractivity contribution in [3.63, 3.8) is 0 Å². The first-order valence-electron chi connectivity index (χ1n) is 22.9. The zero-order valence-corrected chi connectivity index (χ0v) is 36.8. The standard InChI is InChI=1S/2C24H25F3N4O3/c2*25-24(26,27)22-3-1-2-18(28-22)23(33)29-20-10-15-12-31(16-6-8-17(32)9-7-16)30-19(15)11-21(20)34-13-14-4-5-14/h2*1-3,10-12,14,16-17,32H,4-9,13H2,(H,29,33). The minimum atomic E-state index is -4.64. The summed E-state index contributed by atoms with van der Waals surface area (Å²) in [5.74, 6) is 0.269. The zero-order valence-electron chi connectivity index (χ0n) is 36.8. The van der Waals surface area contributed by atoms with Crippen LogP contribution in [0.1, 0.15) is 121 Å². The van der Waals surface area contributed by atoms with Gasteiger partial charge in [-0.15, -0.1) is 0 Å². The number of alkyl halides is 6. The van der Waals surface area contributed by atoms with Gasteiger partial charge >= 0.3 is 12.4 Å². The molecule has 14 nitrogen and oxygen atoms in total. The zero-order chi connectivity index (χ0) is 47.7. The number of aliphatic hydroxyl groups is 2. The molecule has 0 spiro atoms. The lowest BCUT2D eigenvalue weighted by molar-refractivity contribution is -0.142. The Morgan fingerprint density at radius 1 is 0.574 bits per heavy atom. The quantitative estimate of drug-likeness (QED) is 0.0864. The fourth-order valence-corrected chi connectivity index (χ4v) is 8.39. The molecule has 4 heterocycles. The van der Waals surface area contributed by atoms with Gasteiger partial charge in [-0.1, -0.05) is 12.1 Å². The molecule has 68 heavy (non-hydrogen) atoms. The van der Waals surface area contributed by atoms with Gasteiger partial charge in [0.2, 0.25) is 0 Å². The van der Waals surface area contributed by atoms with E-state index in [9.17, 15) is 46.1 Å². The van der Waals surface area contributed by atoms with Gasteiger partial charge in [-0.2, -0.15) is 36.5 Å². The smallest absolute Gasteiger partial charge is 0.433 e. The molecule has 6 aromatic rings. The number of carbonyl (C=O) groups is 2. The third-order valence-corrected chi connectivity index (χ3v) is 12.7. The summed E-state index contributed by atoms with van der Waals surface area (Å²) < 4.78 is 93.8. The number of carbonyl (C=O) groups excluding carboxylic acids is 2. The number of aromatic nitrogens is 6. The molecule has 4 aliphatic carbocycles. The summed E-state index contributed by atoms with van der Waals surface area (Å²) in [6.07, 6.45) is 4.49. The number of aliphatic hydroxyl groups excluding tert-OH is 2. The van der Waals surface area contributed by atoms with Crippen molar-refractivity contribution in [2.45, 2.75) is 114 Å². The molecule has 4 saturated carbocycles. The van der Waals surface area contributed by atoms with Crippen molar-refractivity contribution in [1.82, 2.24) is 29.5 Å². The van der Waals surface area contributed by atoms with Crippen molar-refractivity contribution < 1.29 is 55.6 Å². The number of fused-ring (bicyclic) bond motifs is 2. The molecular weight excluding hydrogens is 899 g/mol. The number of ether oxygens (including phenoxy) is 2. The molecule has 0 bridgehead atoms. The maximum atomic E-state index is 13.0. The first-order valence-corrected chi connectivity index (χ1v) is 22.9. The number of halogens is 6. The van der Waals surface area contributed by atoms with Gasteiger partial charge in [-0.3, -0.25) is 19.0 Å². The molecule has 0 unspecified atom stereocenters. The molecule has 20 heteroatoms. The molecule has 2 amide bonds. The topological polar surface area (TPSA) is 179 Å². The van der Waals surface area contributed by atoms with Crippen LogP contribution in [-0.4, -0.2) is 77.0 Å². The van der Waals surface area contributed by atoms with Crippen LogP contribution in [0.25, 0.3) is 21.8 Å². The Kier molecular flexibility index (Phi) is 13.3. The highest BCUT2D eigenvalue weighted by Gasteiger charge is 2.35. The summed E-state index contributed by atoms with van der Waals surface area (Å²) in [6, 6.07) is 13.8. The number of nitrogens with one attached hydrogen (secondary N) is 2. The van der Waals surface area contributed by atoms with Gasteiger partial charge in [0.15, 0.2) is 0 Å². The second-order valence-electron chi connectivity index (χ2n) is 18.2. The van der Waals surface area contributed by atoms with E-state index in [2.05, 4.69) is 30.8 Å². The van der Waals surface area contributed by atoms with Crippen molar-refractivity contribution >= 4 is 45.0 Å². The number of rotatable bonds is 12. The lowest BCUT2D eigenvalue weighted by atomic mass is 9.93. The van der Waals surface area contributed by atoms with E-state index < -0.39 is 35.6 Å².